The van der Waals surface area contributed by atoms with Crippen molar-refractivity contribution in [3.05, 3.63) is 34.4 Å². The normalized spacial score (nSPS) is 27.1. The number of halogens is 4. The summed E-state index contributed by atoms with van der Waals surface area (Å²) in [5, 5.41) is 20.2. The predicted molar refractivity (Wildman–Crippen MR) is 169 cm³/mol. The number of nitrogen functional groups attached to an aromatic ring is 1. The van der Waals surface area contributed by atoms with Gasteiger partial charge in [-0.05, 0) is 49.8 Å². The molecule has 1 spiro atoms. The molecule has 3 aliphatic heterocycles. The number of fused-ring (bicyclic) bond motifs is 2. The Kier molecular flexibility index (Phi) is 6.78. The highest BCUT2D eigenvalue weighted by atomic mass is 35.5. The molecule has 0 amide bonds. The summed E-state index contributed by atoms with van der Waals surface area (Å²) in [6, 6.07) is 4.51. The Morgan fingerprint density at radius 3 is 2.83 bits per heavy atom. The number of anilines is 2. The minimum absolute atomic E-state index is 0.0231. The Balaban J connectivity index is 1.34. The SMILES string of the molecule is CN1c2nc(OC[C@@]34CCCN3C[C@H](F)C4)nc3c(F)c(-c4ccc(F)c5sc(N)c(C#N)c45)c(Cl)c(c23)OCC12CC(CO)C2. The second kappa shape index (κ2) is 10.5. The lowest BCUT2D eigenvalue weighted by atomic mass is 9.68. The second-order valence-corrected chi connectivity index (χ2v) is 14.5. The molecule has 5 heterocycles. The predicted octanol–water partition coefficient (Wildman–Crippen LogP) is 5.82. The minimum atomic E-state index is -0.950. The summed E-state index contributed by atoms with van der Waals surface area (Å²) in [5.74, 6) is -0.847. The van der Waals surface area contributed by atoms with E-state index in [9.17, 15) is 19.1 Å². The third-order valence-corrected chi connectivity index (χ3v) is 11.9. The van der Waals surface area contributed by atoms with Gasteiger partial charge in [0, 0.05) is 37.6 Å². The Morgan fingerprint density at radius 2 is 2.07 bits per heavy atom. The van der Waals surface area contributed by atoms with Gasteiger partial charge in [0.15, 0.2) is 11.6 Å². The van der Waals surface area contributed by atoms with Crippen molar-refractivity contribution in [2.45, 2.75) is 49.4 Å². The third kappa shape index (κ3) is 4.13. The van der Waals surface area contributed by atoms with E-state index in [4.69, 9.17) is 31.8 Å². The molecule has 240 valence electrons. The number of likely N-dealkylation sites (N-methyl/N-ethyl adjacent to an activating group) is 1. The van der Waals surface area contributed by atoms with E-state index in [1.165, 1.54) is 12.1 Å². The van der Waals surface area contributed by atoms with Gasteiger partial charge in [-0.3, -0.25) is 4.90 Å². The van der Waals surface area contributed by atoms with E-state index >= 15 is 4.39 Å². The fourth-order valence-corrected chi connectivity index (χ4v) is 9.42. The number of ether oxygens (including phenoxy) is 2. The van der Waals surface area contributed by atoms with E-state index in [0.717, 1.165) is 30.7 Å². The summed E-state index contributed by atoms with van der Waals surface area (Å²) in [5.41, 5.74) is 5.00. The lowest BCUT2D eigenvalue weighted by Gasteiger charge is -2.51. The number of aliphatic hydroxyl groups is 1. The number of benzene rings is 2. The third-order valence-electron chi connectivity index (χ3n) is 10.5. The maximum absolute atomic E-state index is 17.1. The molecule has 0 bridgehead atoms. The van der Waals surface area contributed by atoms with Gasteiger partial charge in [-0.25, -0.2) is 13.2 Å². The zero-order valence-electron chi connectivity index (χ0n) is 24.9. The largest absolute Gasteiger partial charge is 0.489 e. The first-order chi connectivity index (χ1) is 22.1. The molecule has 4 aromatic rings. The van der Waals surface area contributed by atoms with Crippen molar-refractivity contribution in [2.75, 3.05) is 50.6 Å². The molecule has 3 fully saturated rings. The molecule has 2 aromatic carbocycles. The molecule has 2 saturated heterocycles. The highest BCUT2D eigenvalue weighted by molar-refractivity contribution is 7.23. The maximum atomic E-state index is 17.1. The van der Waals surface area contributed by atoms with Crippen molar-refractivity contribution in [1.82, 2.24) is 14.9 Å². The van der Waals surface area contributed by atoms with Gasteiger partial charge in [0.2, 0.25) is 0 Å². The molecule has 46 heavy (non-hydrogen) atoms. The molecule has 1 saturated carbocycles. The Bertz CT molecular complexity index is 1980. The van der Waals surface area contributed by atoms with E-state index < -0.39 is 28.9 Å². The van der Waals surface area contributed by atoms with Crippen LogP contribution in [0.3, 0.4) is 0 Å². The van der Waals surface area contributed by atoms with Crippen molar-refractivity contribution in [1.29, 1.82) is 5.26 Å². The van der Waals surface area contributed by atoms with Crippen LogP contribution >= 0.6 is 22.9 Å². The van der Waals surface area contributed by atoms with E-state index in [-0.39, 0.29) is 85.2 Å². The number of aromatic nitrogens is 2. The maximum Gasteiger partial charge on any atom is 0.319 e. The summed E-state index contributed by atoms with van der Waals surface area (Å²) in [4.78, 5) is 13.4. The van der Waals surface area contributed by atoms with Gasteiger partial charge in [0.05, 0.1) is 31.8 Å². The number of aliphatic hydroxyl groups excluding tert-OH is 1. The molecule has 2 aromatic heterocycles. The fourth-order valence-electron chi connectivity index (χ4n) is 8.13. The summed E-state index contributed by atoms with van der Waals surface area (Å²) >= 11 is 7.91. The zero-order valence-corrected chi connectivity index (χ0v) is 26.5. The standard InChI is InChI=1S/C32H30ClF3N6O3S/c1-41-29-22-25(39-30(40-29)45-13-31-5-2-6-42(31)11-16(34)9-31)24(36)21(23(33)26(22)44-14-32(41)7-15(8-32)12-43)17-3-4-19(35)27-20(17)18(10-37)28(38)46-27/h3-4,15-16,43H,2,5-9,11-14,38H2,1H3/t15?,16-,31+,32?/m1/s1. The molecule has 4 aliphatic rings. The van der Waals surface area contributed by atoms with Crippen molar-refractivity contribution in [3.63, 3.8) is 0 Å². The summed E-state index contributed by atoms with van der Waals surface area (Å²) < 4.78 is 59.2. The molecular weight excluding hydrogens is 641 g/mol. The van der Waals surface area contributed by atoms with Crippen LogP contribution in [0, 0.1) is 28.9 Å². The number of hydrogen-bond donors (Lipinski definition) is 2. The first kappa shape index (κ1) is 29.8. The monoisotopic (exact) mass is 670 g/mol. The van der Waals surface area contributed by atoms with Gasteiger partial charge in [-0.15, -0.1) is 11.3 Å². The number of alkyl halides is 1. The molecule has 2 atom stereocenters. The number of thiophene rings is 1. The Morgan fingerprint density at radius 1 is 1.26 bits per heavy atom. The van der Waals surface area contributed by atoms with Crippen LogP contribution in [0.1, 0.15) is 37.7 Å². The second-order valence-electron chi connectivity index (χ2n) is 13.0. The molecule has 0 unspecified atom stereocenters. The average molecular weight is 671 g/mol. The first-order valence-electron chi connectivity index (χ1n) is 15.2. The van der Waals surface area contributed by atoms with E-state index in [0.29, 0.717) is 31.6 Å². The molecule has 1 aliphatic carbocycles. The quantitative estimate of drug-likeness (QED) is 0.271. The van der Waals surface area contributed by atoms with Gasteiger partial charge < -0.3 is 25.2 Å². The van der Waals surface area contributed by atoms with Crippen molar-refractivity contribution in [2.24, 2.45) is 5.92 Å². The molecule has 0 radical (unpaired) electrons. The highest BCUT2D eigenvalue weighted by Gasteiger charge is 2.52. The van der Waals surface area contributed by atoms with Crippen molar-refractivity contribution in [3.8, 4) is 29.0 Å². The number of nitriles is 1. The van der Waals surface area contributed by atoms with Crippen LogP contribution < -0.4 is 20.1 Å². The summed E-state index contributed by atoms with van der Waals surface area (Å²) in [6.07, 6.45) is 2.31. The summed E-state index contributed by atoms with van der Waals surface area (Å²) in [6.45, 7) is 1.48. The highest BCUT2D eigenvalue weighted by Crippen LogP contribution is 2.54. The average Bonchev–Trinajstić information content (AvgIpc) is 3.63. The Hall–Kier alpha value is -3.57. The van der Waals surface area contributed by atoms with Crippen LogP contribution in [0.25, 0.3) is 32.1 Å². The van der Waals surface area contributed by atoms with Gasteiger partial charge >= 0.3 is 6.01 Å². The molecular formula is C32H30ClF3N6O3S. The Labute approximate surface area is 271 Å². The van der Waals surface area contributed by atoms with Crippen LogP contribution in [0.5, 0.6) is 11.8 Å². The van der Waals surface area contributed by atoms with E-state index in [1.54, 1.807) is 0 Å². The van der Waals surface area contributed by atoms with Gasteiger partial charge in [-0.2, -0.15) is 15.2 Å². The van der Waals surface area contributed by atoms with Gasteiger partial charge in [0.25, 0.3) is 0 Å². The van der Waals surface area contributed by atoms with Crippen LogP contribution in [-0.2, 0) is 0 Å². The number of nitrogens with zero attached hydrogens (tertiary/aromatic N) is 5. The fraction of sp³-hybridized carbons (Fsp3) is 0.469. The van der Waals surface area contributed by atoms with E-state index in [2.05, 4.69) is 9.88 Å². The van der Waals surface area contributed by atoms with Crippen LogP contribution in [-0.4, -0.2) is 77.2 Å². The molecule has 14 heteroatoms. The zero-order chi connectivity index (χ0) is 32.1. The molecule has 8 rings (SSSR count). The number of hydrogen-bond acceptors (Lipinski definition) is 10. The lowest BCUT2D eigenvalue weighted by molar-refractivity contribution is 0.0453. The minimum Gasteiger partial charge on any atom is -0.489 e. The molecule has 3 N–H and O–H groups in total. The van der Waals surface area contributed by atoms with Crippen LogP contribution in [0.2, 0.25) is 5.02 Å². The van der Waals surface area contributed by atoms with Gasteiger partial charge in [0.1, 0.15) is 47.6 Å². The van der Waals surface area contributed by atoms with Crippen LogP contribution in [0.15, 0.2) is 12.1 Å². The van der Waals surface area contributed by atoms with Crippen molar-refractivity contribution < 1.29 is 27.8 Å². The topological polar surface area (TPSA) is 121 Å². The van der Waals surface area contributed by atoms with Crippen molar-refractivity contribution >= 4 is 54.7 Å². The number of nitrogens with two attached hydrogens (primary N) is 1. The first-order valence-corrected chi connectivity index (χ1v) is 16.4. The summed E-state index contributed by atoms with van der Waals surface area (Å²) in [7, 11) is 1.84. The molecule has 9 nitrogen and oxygen atoms in total. The smallest absolute Gasteiger partial charge is 0.319 e. The number of rotatable bonds is 5. The van der Waals surface area contributed by atoms with E-state index in [1.807, 2.05) is 18.0 Å². The van der Waals surface area contributed by atoms with Gasteiger partial charge in [-0.1, -0.05) is 17.7 Å². The van der Waals surface area contributed by atoms with Crippen LogP contribution in [0.4, 0.5) is 24.0 Å². The lowest BCUT2D eigenvalue weighted by Crippen LogP contribution is -2.60.